The Kier molecular flexibility index (Phi) is 3.72. The first-order valence-electron chi connectivity index (χ1n) is 6.96. The molecule has 1 heterocycles. The van der Waals surface area contributed by atoms with Crippen LogP contribution in [0.2, 0.25) is 0 Å². The van der Waals surface area contributed by atoms with Gasteiger partial charge in [0.2, 0.25) is 0 Å². The Bertz CT molecular complexity index is 714. The molecule has 0 fully saturated rings. The van der Waals surface area contributed by atoms with Gasteiger partial charge in [-0.1, -0.05) is 24.3 Å². The van der Waals surface area contributed by atoms with Crippen LogP contribution < -0.4 is 0 Å². The Morgan fingerprint density at radius 2 is 1.75 bits per heavy atom. The summed E-state index contributed by atoms with van der Waals surface area (Å²) in [5.41, 5.74) is 2.85. The van der Waals surface area contributed by atoms with Gasteiger partial charge in [0, 0.05) is 29.9 Å². The third kappa shape index (κ3) is 2.30. The molecule has 3 heteroatoms. The van der Waals surface area contributed by atoms with E-state index >= 15 is 0 Å². The number of benzene rings is 2. The highest BCUT2D eigenvalue weighted by atomic mass is 16.3. The van der Waals surface area contributed by atoms with Crippen LogP contribution in [0.4, 0.5) is 0 Å². The van der Waals surface area contributed by atoms with Crippen LogP contribution in [-0.4, -0.2) is 23.4 Å². The highest BCUT2D eigenvalue weighted by molar-refractivity contribution is 6.05. The lowest BCUT2D eigenvalue weighted by atomic mass is 9.94. The largest absolute Gasteiger partial charge is 0.456 e. The molecular formula is C17H18O3. The molecule has 0 bridgehead atoms. The van der Waals surface area contributed by atoms with Gasteiger partial charge < -0.3 is 14.6 Å². The number of furan rings is 1. The van der Waals surface area contributed by atoms with Crippen molar-refractivity contribution in [3.8, 4) is 0 Å². The van der Waals surface area contributed by atoms with Crippen molar-refractivity contribution in [3.05, 3.63) is 48.0 Å². The number of hydrogen-bond acceptors (Lipinski definition) is 3. The molecule has 3 nitrogen and oxygen atoms in total. The molecule has 1 aromatic heterocycles. The lowest BCUT2D eigenvalue weighted by Gasteiger charge is -2.13. The second kappa shape index (κ2) is 5.65. The van der Waals surface area contributed by atoms with Gasteiger partial charge in [-0.2, -0.15) is 0 Å². The molecule has 104 valence electrons. The van der Waals surface area contributed by atoms with Crippen molar-refractivity contribution < 1.29 is 14.6 Å². The average molecular weight is 270 g/mol. The summed E-state index contributed by atoms with van der Waals surface area (Å²) in [6, 6.07) is 14.0. The Labute approximate surface area is 117 Å². The smallest absolute Gasteiger partial charge is 0.135 e. The zero-order valence-electron chi connectivity index (χ0n) is 11.2. The topological polar surface area (TPSA) is 53.6 Å². The van der Waals surface area contributed by atoms with Gasteiger partial charge in [0.1, 0.15) is 11.2 Å². The maximum absolute atomic E-state index is 9.54. The highest BCUT2D eigenvalue weighted by Crippen LogP contribution is 2.32. The fourth-order valence-electron chi connectivity index (χ4n) is 2.70. The Morgan fingerprint density at radius 1 is 0.950 bits per heavy atom. The van der Waals surface area contributed by atoms with E-state index in [1.54, 1.807) is 0 Å². The summed E-state index contributed by atoms with van der Waals surface area (Å²) in [5, 5.41) is 20.7. The summed E-state index contributed by atoms with van der Waals surface area (Å²) in [4.78, 5) is 0. The summed E-state index contributed by atoms with van der Waals surface area (Å²) in [7, 11) is 0. The van der Waals surface area contributed by atoms with Gasteiger partial charge >= 0.3 is 0 Å². The maximum Gasteiger partial charge on any atom is 0.135 e. The van der Waals surface area contributed by atoms with Gasteiger partial charge in [-0.25, -0.2) is 0 Å². The molecule has 0 spiro atoms. The van der Waals surface area contributed by atoms with Crippen molar-refractivity contribution >= 4 is 21.9 Å². The van der Waals surface area contributed by atoms with E-state index in [0.717, 1.165) is 33.9 Å². The molecule has 1 atom stereocenters. The zero-order valence-corrected chi connectivity index (χ0v) is 11.2. The van der Waals surface area contributed by atoms with Crippen LogP contribution >= 0.6 is 0 Å². The number of aliphatic hydroxyl groups excluding tert-OH is 2. The van der Waals surface area contributed by atoms with Gasteiger partial charge in [0.15, 0.2) is 0 Å². The molecule has 0 saturated heterocycles. The normalized spacial score (nSPS) is 13.1. The van der Waals surface area contributed by atoms with Gasteiger partial charge in [-0.15, -0.1) is 0 Å². The van der Waals surface area contributed by atoms with E-state index in [1.165, 1.54) is 0 Å². The minimum absolute atomic E-state index is 0.0696. The van der Waals surface area contributed by atoms with Crippen LogP contribution in [0, 0.1) is 0 Å². The second-order valence-corrected chi connectivity index (χ2v) is 5.10. The van der Waals surface area contributed by atoms with Crippen LogP contribution in [0.5, 0.6) is 0 Å². The fraction of sp³-hybridized carbons (Fsp3) is 0.294. The first-order valence-corrected chi connectivity index (χ1v) is 6.96. The molecule has 0 aliphatic carbocycles. The number of rotatable bonds is 5. The van der Waals surface area contributed by atoms with Gasteiger partial charge in [-0.3, -0.25) is 0 Å². The molecule has 2 aromatic carbocycles. The molecule has 0 aliphatic rings. The maximum atomic E-state index is 9.54. The van der Waals surface area contributed by atoms with Gasteiger partial charge in [0.25, 0.3) is 0 Å². The first-order chi connectivity index (χ1) is 9.83. The predicted octanol–water partition coefficient (Wildman–Crippen LogP) is 3.43. The monoisotopic (exact) mass is 270 g/mol. The first kappa shape index (κ1) is 13.2. The van der Waals surface area contributed by atoms with Crippen molar-refractivity contribution in [2.24, 2.45) is 0 Å². The van der Waals surface area contributed by atoms with E-state index in [1.807, 2.05) is 36.4 Å². The molecule has 1 unspecified atom stereocenters. The molecule has 0 saturated carbocycles. The van der Waals surface area contributed by atoms with Crippen molar-refractivity contribution in [2.45, 2.75) is 18.8 Å². The standard InChI is InChI=1S/C17H18O3/c18-9-3-4-13(11-19)12-7-8-17-15(10-12)14-5-1-2-6-16(14)20-17/h1-2,5-8,10,13,18-19H,3-4,9,11H2. The van der Waals surface area contributed by atoms with Gasteiger partial charge in [0.05, 0.1) is 0 Å². The summed E-state index contributed by atoms with van der Waals surface area (Å²) in [6.07, 6.45) is 1.49. The lowest BCUT2D eigenvalue weighted by molar-refractivity contribution is 0.237. The van der Waals surface area contributed by atoms with Crippen molar-refractivity contribution in [3.63, 3.8) is 0 Å². The lowest BCUT2D eigenvalue weighted by Crippen LogP contribution is -2.05. The van der Waals surface area contributed by atoms with E-state index in [2.05, 4.69) is 6.07 Å². The summed E-state index contributed by atoms with van der Waals surface area (Å²) >= 11 is 0. The third-order valence-corrected chi connectivity index (χ3v) is 3.80. The van der Waals surface area contributed by atoms with Crippen molar-refractivity contribution in [1.29, 1.82) is 0 Å². The predicted molar refractivity (Wildman–Crippen MR) is 79.9 cm³/mol. The van der Waals surface area contributed by atoms with Gasteiger partial charge in [-0.05, 0) is 36.6 Å². The van der Waals surface area contributed by atoms with E-state index < -0.39 is 0 Å². The molecule has 0 aliphatic heterocycles. The quantitative estimate of drug-likeness (QED) is 0.746. The van der Waals surface area contributed by atoms with Crippen LogP contribution in [0.25, 0.3) is 21.9 Å². The Morgan fingerprint density at radius 3 is 2.55 bits per heavy atom. The second-order valence-electron chi connectivity index (χ2n) is 5.10. The number of hydrogen-bond donors (Lipinski definition) is 2. The molecule has 2 N–H and O–H groups in total. The minimum Gasteiger partial charge on any atom is -0.456 e. The van der Waals surface area contributed by atoms with E-state index in [0.29, 0.717) is 6.42 Å². The molecule has 3 rings (SSSR count). The van der Waals surface area contributed by atoms with E-state index in [4.69, 9.17) is 9.52 Å². The van der Waals surface area contributed by atoms with Crippen molar-refractivity contribution in [2.75, 3.05) is 13.2 Å². The average Bonchev–Trinajstić information content (AvgIpc) is 2.86. The zero-order chi connectivity index (χ0) is 13.9. The molecule has 0 amide bonds. The summed E-state index contributed by atoms with van der Waals surface area (Å²) in [6.45, 7) is 0.259. The Hall–Kier alpha value is -1.84. The number of para-hydroxylation sites is 1. The third-order valence-electron chi connectivity index (χ3n) is 3.80. The molecular weight excluding hydrogens is 252 g/mol. The summed E-state index contributed by atoms with van der Waals surface area (Å²) in [5.74, 6) is 0.0696. The van der Waals surface area contributed by atoms with Crippen molar-refractivity contribution in [1.82, 2.24) is 0 Å². The summed E-state index contributed by atoms with van der Waals surface area (Å²) < 4.78 is 5.80. The van der Waals surface area contributed by atoms with E-state index in [9.17, 15) is 5.11 Å². The van der Waals surface area contributed by atoms with E-state index in [-0.39, 0.29) is 19.1 Å². The number of aliphatic hydroxyl groups is 2. The molecule has 0 radical (unpaired) electrons. The minimum atomic E-state index is 0.0696. The van der Waals surface area contributed by atoms with Crippen LogP contribution in [0.15, 0.2) is 46.9 Å². The SMILES string of the molecule is OCCCC(CO)c1ccc2oc3ccccc3c2c1. The Balaban J connectivity index is 2.06. The molecule has 20 heavy (non-hydrogen) atoms. The highest BCUT2D eigenvalue weighted by Gasteiger charge is 2.13. The van der Waals surface area contributed by atoms with Crippen LogP contribution in [0.1, 0.15) is 24.3 Å². The van der Waals surface area contributed by atoms with Crippen LogP contribution in [-0.2, 0) is 0 Å². The van der Waals surface area contributed by atoms with Crippen LogP contribution in [0.3, 0.4) is 0 Å². The number of fused-ring (bicyclic) bond motifs is 3. The fourth-order valence-corrected chi connectivity index (χ4v) is 2.70. The molecule has 3 aromatic rings.